The number of carbonyl (C=O) groups is 1. The summed E-state index contributed by atoms with van der Waals surface area (Å²) in [6.07, 6.45) is 7.25. The van der Waals surface area contributed by atoms with E-state index in [2.05, 4.69) is 39.3 Å². The number of aromatic nitrogens is 3. The molecular formula is C34H43F2N5O3. The summed E-state index contributed by atoms with van der Waals surface area (Å²) in [7, 11) is 4.21. The molecule has 2 saturated carbocycles. The minimum absolute atomic E-state index is 0.0188. The summed E-state index contributed by atoms with van der Waals surface area (Å²) in [5.41, 5.74) is 1.65. The number of aryl methyl sites for hydroxylation is 1. The van der Waals surface area contributed by atoms with Crippen LogP contribution in [0.1, 0.15) is 81.5 Å². The van der Waals surface area contributed by atoms with Crippen molar-refractivity contribution < 1.29 is 23.4 Å². The summed E-state index contributed by atoms with van der Waals surface area (Å²) in [6.45, 7) is 3.72. The normalized spacial score (nSPS) is 23.8. The molecule has 2 aliphatic rings. The summed E-state index contributed by atoms with van der Waals surface area (Å²) >= 11 is 0. The number of rotatable bonds is 9. The molecule has 10 heteroatoms. The van der Waals surface area contributed by atoms with Gasteiger partial charge in [0.1, 0.15) is 23.3 Å². The standard InChI is InChI=1S/C34H43F2N5O3/c1-21-17-28(39-31(18-21)40-30-19-23(32(35)36)15-16-37-30)24-7-14-29(38-20-24)34(2,43)25-8-5-22(6-9-25)33(42)44-27-12-10-26(11-13-27)41(3)4/h7,14-20,22,25-27,32,43H,5-6,8-13H2,1-4H3,(H,37,39,40)/t22-,25-,26-,27-,34-/m1/s1. The zero-order valence-corrected chi connectivity index (χ0v) is 26.0. The number of aliphatic hydroxyl groups is 1. The smallest absolute Gasteiger partial charge is 0.309 e. The highest BCUT2D eigenvalue weighted by molar-refractivity contribution is 5.72. The molecule has 0 bridgehead atoms. The van der Waals surface area contributed by atoms with Crippen LogP contribution >= 0.6 is 0 Å². The molecule has 3 aromatic heterocycles. The first-order chi connectivity index (χ1) is 21.0. The van der Waals surface area contributed by atoms with E-state index in [1.54, 1.807) is 13.1 Å². The van der Waals surface area contributed by atoms with Crippen molar-refractivity contribution in [2.75, 3.05) is 19.4 Å². The van der Waals surface area contributed by atoms with Gasteiger partial charge in [-0.05, 0) is 127 Å². The van der Waals surface area contributed by atoms with Gasteiger partial charge in [0.25, 0.3) is 6.43 Å². The van der Waals surface area contributed by atoms with Crippen molar-refractivity contribution in [3.05, 3.63) is 65.6 Å². The predicted molar refractivity (Wildman–Crippen MR) is 166 cm³/mol. The first-order valence-electron chi connectivity index (χ1n) is 15.6. The second-order valence-electron chi connectivity index (χ2n) is 12.8. The van der Waals surface area contributed by atoms with E-state index in [1.165, 1.54) is 18.3 Å². The largest absolute Gasteiger partial charge is 0.462 e. The lowest BCUT2D eigenvalue weighted by Gasteiger charge is -2.38. The van der Waals surface area contributed by atoms with Crippen LogP contribution in [-0.4, -0.2) is 57.2 Å². The fraction of sp³-hybridized carbons (Fsp3) is 0.529. The molecule has 0 spiro atoms. The average molecular weight is 608 g/mol. The van der Waals surface area contributed by atoms with Gasteiger partial charge < -0.3 is 20.1 Å². The van der Waals surface area contributed by atoms with E-state index in [0.29, 0.717) is 36.1 Å². The molecule has 44 heavy (non-hydrogen) atoms. The van der Waals surface area contributed by atoms with Crippen molar-refractivity contribution in [3.63, 3.8) is 0 Å². The third-order valence-electron chi connectivity index (χ3n) is 9.35. The Morgan fingerprint density at radius 2 is 1.73 bits per heavy atom. The van der Waals surface area contributed by atoms with Gasteiger partial charge in [0.15, 0.2) is 0 Å². The molecule has 1 atom stereocenters. The Morgan fingerprint density at radius 1 is 1.00 bits per heavy atom. The summed E-state index contributed by atoms with van der Waals surface area (Å²) in [5.74, 6) is 0.533. The second kappa shape index (κ2) is 13.6. The molecule has 8 nitrogen and oxygen atoms in total. The highest BCUT2D eigenvalue weighted by Crippen LogP contribution is 2.41. The van der Waals surface area contributed by atoms with Crippen LogP contribution in [-0.2, 0) is 15.1 Å². The number of pyridine rings is 3. The van der Waals surface area contributed by atoms with E-state index in [1.807, 2.05) is 31.2 Å². The Morgan fingerprint density at radius 3 is 2.36 bits per heavy atom. The number of hydrogen-bond acceptors (Lipinski definition) is 8. The Hall–Kier alpha value is -3.50. The minimum atomic E-state index is -2.59. The molecule has 0 radical (unpaired) electrons. The summed E-state index contributed by atoms with van der Waals surface area (Å²) < 4.78 is 32.1. The number of anilines is 2. The first kappa shape index (κ1) is 31.9. The quantitative estimate of drug-likeness (QED) is 0.252. The number of carbonyl (C=O) groups excluding carboxylic acids is 1. The van der Waals surface area contributed by atoms with Crippen LogP contribution in [0.4, 0.5) is 20.4 Å². The van der Waals surface area contributed by atoms with Crippen LogP contribution in [0.15, 0.2) is 48.8 Å². The molecule has 3 heterocycles. The maximum absolute atomic E-state index is 13.1. The van der Waals surface area contributed by atoms with Crippen molar-refractivity contribution in [2.45, 2.75) is 89.4 Å². The zero-order chi connectivity index (χ0) is 31.4. The van der Waals surface area contributed by atoms with Crippen LogP contribution in [0.25, 0.3) is 11.3 Å². The van der Waals surface area contributed by atoms with Gasteiger partial charge in [-0.25, -0.2) is 18.7 Å². The fourth-order valence-corrected chi connectivity index (χ4v) is 6.55. The van der Waals surface area contributed by atoms with E-state index in [-0.39, 0.29) is 35.3 Å². The molecule has 2 fully saturated rings. The van der Waals surface area contributed by atoms with E-state index in [0.717, 1.165) is 49.7 Å². The van der Waals surface area contributed by atoms with E-state index >= 15 is 0 Å². The van der Waals surface area contributed by atoms with Crippen LogP contribution < -0.4 is 5.32 Å². The summed E-state index contributed by atoms with van der Waals surface area (Å²) in [4.78, 5) is 28.6. The van der Waals surface area contributed by atoms with Gasteiger partial charge in [0.2, 0.25) is 0 Å². The first-order valence-corrected chi connectivity index (χ1v) is 15.6. The Balaban J connectivity index is 1.18. The SMILES string of the molecule is Cc1cc(Nc2cc(C(F)F)ccn2)nc(-c2ccc([C@](C)(O)[C@H]3CC[C@H](C(=O)O[C@H]4CC[C@H](N(C)C)CC4)CC3)nc2)c1. The van der Waals surface area contributed by atoms with Crippen LogP contribution in [0.3, 0.4) is 0 Å². The topological polar surface area (TPSA) is 100 Å². The van der Waals surface area contributed by atoms with Gasteiger partial charge in [-0.15, -0.1) is 0 Å². The Kier molecular flexibility index (Phi) is 9.90. The fourth-order valence-electron chi connectivity index (χ4n) is 6.55. The third-order valence-corrected chi connectivity index (χ3v) is 9.35. The maximum atomic E-state index is 13.1. The molecular weight excluding hydrogens is 564 g/mol. The predicted octanol–water partition coefficient (Wildman–Crippen LogP) is 6.96. The summed E-state index contributed by atoms with van der Waals surface area (Å²) in [5, 5.41) is 14.6. The third kappa shape index (κ3) is 7.58. The van der Waals surface area contributed by atoms with Gasteiger partial charge in [0, 0.05) is 29.6 Å². The molecule has 2 N–H and O–H groups in total. The molecule has 2 aliphatic carbocycles. The molecule has 0 aromatic carbocycles. The molecule has 0 amide bonds. The van der Waals surface area contributed by atoms with Crippen molar-refractivity contribution in [3.8, 4) is 11.3 Å². The van der Waals surface area contributed by atoms with Gasteiger partial charge in [-0.2, -0.15) is 0 Å². The number of ether oxygens (including phenoxy) is 1. The number of alkyl halides is 2. The maximum Gasteiger partial charge on any atom is 0.309 e. The van der Waals surface area contributed by atoms with Crippen LogP contribution in [0, 0.1) is 18.8 Å². The van der Waals surface area contributed by atoms with Gasteiger partial charge in [-0.1, -0.05) is 0 Å². The van der Waals surface area contributed by atoms with Crippen molar-refractivity contribution in [1.82, 2.24) is 19.9 Å². The Bertz CT molecular complexity index is 1420. The highest BCUT2D eigenvalue weighted by Gasteiger charge is 2.40. The number of hydrogen-bond donors (Lipinski definition) is 2. The molecule has 236 valence electrons. The molecule has 3 aromatic rings. The van der Waals surface area contributed by atoms with E-state index in [4.69, 9.17) is 4.74 Å². The van der Waals surface area contributed by atoms with Gasteiger partial charge >= 0.3 is 5.97 Å². The lowest BCUT2D eigenvalue weighted by atomic mass is 9.73. The molecule has 5 rings (SSSR count). The van der Waals surface area contributed by atoms with E-state index in [9.17, 15) is 18.7 Å². The van der Waals surface area contributed by atoms with Crippen molar-refractivity contribution in [1.29, 1.82) is 0 Å². The number of nitrogens with one attached hydrogen (secondary N) is 1. The van der Waals surface area contributed by atoms with Crippen molar-refractivity contribution >= 4 is 17.6 Å². The van der Waals surface area contributed by atoms with Crippen molar-refractivity contribution in [2.24, 2.45) is 11.8 Å². The highest BCUT2D eigenvalue weighted by atomic mass is 19.3. The summed E-state index contributed by atoms with van der Waals surface area (Å²) in [6, 6.07) is 10.6. The van der Waals surface area contributed by atoms with Crippen LogP contribution in [0.5, 0.6) is 0 Å². The molecule has 0 aliphatic heterocycles. The lowest BCUT2D eigenvalue weighted by molar-refractivity contribution is -0.158. The number of esters is 1. The van der Waals surface area contributed by atoms with Gasteiger partial charge in [0.05, 0.1) is 17.3 Å². The molecule has 0 unspecified atom stereocenters. The van der Waals surface area contributed by atoms with Gasteiger partial charge in [-0.3, -0.25) is 9.78 Å². The Labute approximate surface area is 258 Å². The number of nitrogens with zero attached hydrogens (tertiary/aromatic N) is 4. The minimum Gasteiger partial charge on any atom is -0.462 e. The second-order valence-corrected chi connectivity index (χ2v) is 12.8. The van der Waals surface area contributed by atoms with E-state index < -0.39 is 12.0 Å². The average Bonchev–Trinajstić information content (AvgIpc) is 3.01. The molecule has 0 saturated heterocycles. The monoisotopic (exact) mass is 607 g/mol. The van der Waals surface area contributed by atoms with Crippen LogP contribution in [0.2, 0.25) is 0 Å². The lowest BCUT2D eigenvalue weighted by Crippen LogP contribution is -2.38. The zero-order valence-electron chi connectivity index (χ0n) is 26.0. The number of halogens is 2.